The molecule has 0 saturated carbocycles. The van der Waals surface area contributed by atoms with Gasteiger partial charge in [-0.3, -0.25) is 4.79 Å². The molecule has 1 atom stereocenters. The minimum absolute atomic E-state index is 0.0964. The van der Waals surface area contributed by atoms with Crippen LogP contribution in [0.1, 0.15) is 18.5 Å². The summed E-state index contributed by atoms with van der Waals surface area (Å²) in [4.78, 5) is 23.5. The first-order valence-corrected chi connectivity index (χ1v) is 8.77. The Bertz CT molecular complexity index is 1240. The molecule has 0 aliphatic carbocycles. The van der Waals surface area contributed by atoms with Crippen molar-refractivity contribution in [3.8, 4) is 11.6 Å². The average Bonchev–Trinajstić information content (AvgIpc) is 3.22. The fourth-order valence-corrected chi connectivity index (χ4v) is 3.07. The highest BCUT2D eigenvalue weighted by molar-refractivity contribution is 6.31. The molecule has 12 heteroatoms. The number of ether oxygens (including phenoxy) is 1. The molecular formula is C17H14ClFN8O2. The first-order chi connectivity index (χ1) is 14.0. The third-order valence-electron chi connectivity index (χ3n) is 4.23. The Hall–Kier alpha value is -3.60. The number of H-pyrrole nitrogens is 1. The van der Waals surface area contributed by atoms with E-state index in [0.717, 1.165) is 6.07 Å². The highest BCUT2D eigenvalue weighted by atomic mass is 35.5. The number of nitrogens with one attached hydrogen (secondary N) is 2. The third-order valence-corrected chi connectivity index (χ3v) is 4.45. The van der Waals surface area contributed by atoms with E-state index in [9.17, 15) is 9.18 Å². The van der Waals surface area contributed by atoms with E-state index in [1.54, 1.807) is 19.1 Å². The van der Waals surface area contributed by atoms with Gasteiger partial charge in [0.1, 0.15) is 17.8 Å². The van der Waals surface area contributed by atoms with Crippen molar-refractivity contribution >= 4 is 28.5 Å². The van der Waals surface area contributed by atoms with Gasteiger partial charge in [-0.1, -0.05) is 11.6 Å². The lowest BCUT2D eigenvalue weighted by Gasteiger charge is -2.15. The number of methoxy groups -OCH3 is 1. The SMILES string of the molecule is COc1nc(N[C@@H](C)c2cc3cc(Cl)cc(F)c3[nH]c2=O)ncc1-n1cnnn1. The lowest BCUT2D eigenvalue weighted by Crippen LogP contribution is -2.20. The number of aromatic nitrogens is 7. The largest absolute Gasteiger partial charge is 0.479 e. The van der Waals surface area contributed by atoms with Crippen molar-refractivity contribution in [2.24, 2.45) is 0 Å². The number of rotatable bonds is 5. The lowest BCUT2D eigenvalue weighted by atomic mass is 10.1. The maximum Gasteiger partial charge on any atom is 0.253 e. The molecule has 3 aromatic heterocycles. The first-order valence-electron chi connectivity index (χ1n) is 8.39. The van der Waals surface area contributed by atoms with Crippen LogP contribution in [0.25, 0.3) is 16.6 Å². The second kappa shape index (κ2) is 7.43. The highest BCUT2D eigenvalue weighted by Crippen LogP contribution is 2.25. The average molecular weight is 417 g/mol. The van der Waals surface area contributed by atoms with E-state index in [0.29, 0.717) is 16.6 Å². The van der Waals surface area contributed by atoms with Gasteiger partial charge in [0, 0.05) is 16.0 Å². The standard InChI is InChI=1S/C17H14ClFN8O2/c1-8(11-4-9-3-10(18)5-12(19)14(9)23-15(11)28)22-17-20-6-13(16(24-17)29-2)27-7-21-25-26-27/h3-8H,1-2H3,(H,23,28)(H,20,22,24)/t8-/m0/s1. The van der Waals surface area contributed by atoms with E-state index < -0.39 is 17.4 Å². The Morgan fingerprint density at radius 2 is 2.17 bits per heavy atom. The minimum atomic E-state index is -0.594. The summed E-state index contributed by atoms with van der Waals surface area (Å²) < 4.78 is 20.7. The molecule has 0 amide bonds. The van der Waals surface area contributed by atoms with Gasteiger partial charge in [0.15, 0.2) is 0 Å². The predicted molar refractivity (Wildman–Crippen MR) is 103 cm³/mol. The topological polar surface area (TPSA) is 123 Å². The van der Waals surface area contributed by atoms with Crippen LogP contribution >= 0.6 is 11.6 Å². The molecule has 10 nitrogen and oxygen atoms in total. The van der Waals surface area contributed by atoms with E-state index in [1.165, 1.54) is 24.3 Å². The number of anilines is 1. The molecule has 29 heavy (non-hydrogen) atoms. The normalized spacial score (nSPS) is 12.1. The Kier molecular flexibility index (Phi) is 4.80. The molecule has 1 aromatic carbocycles. The summed E-state index contributed by atoms with van der Waals surface area (Å²) in [5.74, 6) is -0.130. The number of tetrazole rings is 1. The predicted octanol–water partition coefficient (Wildman–Crippen LogP) is 2.27. The van der Waals surface area contributed by atoms with Gasteiger partial charge in [-0.25, -0.2) is 9.37 Å². The molecule has 0 spiro atoms. The van der Waals surface area contributed by atoms with Gasteiger partial charge in [-0.05, 0) is 35.5 Å². The van der Waals surface area contributed by atoms with Crippen LogP contribution in [-0.2, 0) is 0 Å². The maximum absolute atomic E-state index is 14.0. The number of fused-ring (bicyclic) bond motifs is 1. The van der Waals surface area contributed by atoms with Crippen molar-refractivity contribution in [2.75, 3.05) is 12.4 Å². The van der Waals surface area contributed by atoms with Crippen molar-refractivity contribution < 1.29 is 9.13 Å². The fourth-order valence-electron chi connectivity index (χ4n) is 2.86. The van der Waals surface area contributed by atoms with Crippen LogP contribution in [-0.4, -0.2) is 42.3 Å². The Morgan fingerprint density at radius 3 is 2.90 bits per heavy atom. The first kappa shape index (κ1) is 18.7. The van der Waals surface area contributed by atoms with Gasteiger partial charge in [0.25, 0.3) is 5.56 Å². The van der Waals surface area contributed by atoms with E-state index in [1.807, 2.05) is 0 Å². The number of hydrogen-bond acceptors (Lipinski definition) is 8. The molecule has 0 fully saturated rings. The van der Waals surface area contributed by atoms with Gasteiger partial charge in [-0.2, -0.15) is 9.67 Å². The zero-order chi connectivity index (χ0) is 20.5. The molecule has 0 bridgehead atoms. The molecule has 4 rings (SSSR count). The zero-order valence-electron chi connectivity index (χ0n) is 15.2. The molecular weight excluding hydrogens is 403 g/mol. The summed E-state index contributed by atoms with van der Waals surface area (Å²) in [6.45, 7) is 1.75. The molecule has 0 aliphatic heterocycles. The van der Waals surface area contributed by atoms with Gasteiger partial charge < -0.3 is 15.0 Å². The van der Waals surface area contributed by atoms with Crippen LogP contribution in [0, 0.1) is 5.82 Å². The Morgan fingerprint density at radius 1 is 1.34 bits per heavy atom. The number of halogens is 2. The molecule has 2 N–H and O–H groups in total. The summed E-state index contributed by atoms with van der Waals surface area (Å²) in [5.41, 5.74) is 0.478. The maximum atomic E-state index is 14.0. The summed E-state index contributed by atoms with van der Waals surface area (Å²) in [6.07, 6.45) is 2.87. The fraction of sp³-hybridized carbons (Fsp3) is 0.176. The van der Waals surface area contributed by atoms with Gasteiger partial charge in [0.2, 0.25) is 11.8 Å². The molecule has 0 radical (unpaired) electrons. The number of pyridine rings is 1. The van der Waals surface area contributed by atoms with Crippen molar-refractivity contribution in [2.45, 2.75) is 13.0 Å². The van der Waals surface area contributed by atoms with Crippen LogP contribution in [0.3, 0.4) is 0 Å². The third kappa shape index (κ3) is 3.59. The quantitative estimate of drug-likeness (QED) is 0.507. The van der Waals surface area contributed by atoms with Crippen LogP contribution < -0.4 is 15.6 Å². The molecule has 0 saturated heterocycles. The highest BCUT2D eigenvalue weighted by Gasteiger charge is 2.16. The summed E-state index contributed by atoms with van der Waals surface area (Å²) in [7, 11) is 1.45. The van der Waals surface area contributed by atoms with Crippen molar-refractivity contribution in [3.05, 3.63) is 57.5 Å². The Balaban J connectivity index is 1.66. The van der Waals surface area contributed by atoms with Crippen LogP contribution in [0.4, 0.5) is 10.3 Å². The number of benzene rings is 1. The van der Waals surface area contributed by atoms with Crippen molar-refractivity contribution in [1.29, 1.82) is 0 Å². The van der Waals surface area contributed by atoms with Crippen molar-refractivity contribution in [1.82, 2.24) is 35.2 Å². The number of hydrogen-bond donors (Lipinski definition) is 2. The van der Waals surface area contributed by atoms with Crippen LogP contribution in [0.15, 0.2) is 35.5 Å². The molecule has 148 valence electrons. The summed E-state index contributed by atoms with van der Waals surface area (Å²) in [5, 5.41) is 14.6. The molecule has 4 aromatic rings. The minimum Gasteiger partial charge on any atom is -0.479 e. The van der Waals surface area contributed by atoms with E-state index in [-0.39, 0.29) is 22.4 Å². The summed E-state index contributed by atoms with van der Waals surface area (Å²) >= 11 is 5.92. The van der Waals surface area contributed by atoms with Crippen LogP contribution in [0.5, 0.6) is 5.88 Å². The lowest BCUT2D eigenvalue weighted by molar-refractivity contribution is 0.394. The number of nitrogens with zero attached hydrogens (tertiary/aromatic N) is 6. The number of aromatic amines is 1. The smallest absolute Gasteiger partial charge is 0.253 e. The van der Waals surface area contributed by atoms with Gasteiger partial charge in [-0.15, -0.1) is 5.10 Å². The van der Waals surface area contributed by atoms with Gasteiger partial charge in [0.05, 0.1) is 24.9 Å². The zero-order valence-corrected chi connectivity index (χ0v) is 16.0. The molecule has 3 heterocycles. The van der Waals surface area contributed by atoms with E-state index >= 15 is 0 Å². The second-order valence-corrected chi connectivity index (χ2v) is 6.55. The Labute approximate surface area is 167 Å². The second-order valence-electron chi connectivity index (χ2n) is 6.11. The van der Waals surface area contributed by atoms with Crippen molar-refractivity contribution in [3.63, 3.8) is 0 Å². The molecule has 0 aliphatic rings. The van der Waals surface area contributed by atoms with E-state index in [4.69, 9.17) is 16.3 Å². The molecule has 0 unspecified atom stereocenters. The van der Waals surface area contributed by atoms with E-state index in [2.05, 4.69) is 35.8 Å². The summed E-state index contributed by atoms with van der Waals surface area (Å²) in [6, 6.07) is 3.81. The van der Waals surface area contributed by atoms with Gasteiger partial charge >= 0.3 is 0 Å². The monoisotopic (exact) mass is 416 g/mol. The van der Waals surface area contributed by atoms with Crippen LogP contribution in [0.2, 0.25) is 5.02 Å².